The molecule has 3 aromatic rings. The second kappa shape index (κ2) is 6.73. The summed E-state index contributed by atoms with van der Waals surface area (Å²) in [6.45, 7) is 0. The van der Waals surface area contributed by atoms with Gasteiger partial charge in [-0.3, -0.25) is 4.79 Å². The highest BCUT2D eigenvalue weighted by Crippen LogP contribution is 2.30. The highest BCUT2D eigenvalue weighted by molar-refractivity contribution is 9.09. The summed E-state index contributed by atoms with van der Waals surface area (Å²) in [6, 6.07) is 12.1. The average Bonchev–Trinajstić information content (AvgIpc) is 3.06. The maximum absolute atomic E-state index is 12.3. The fourth-order valence-electron chi connectivity index (χ4n) is 2.15. The molecule has 0 saturated carbocycles. The minimum Gasteiger partial charge on any atom is -0.321 e. The summed E-state index contributed by atoms with van der Waals surface area (Å²) >= 11 is 6.65. The molecule has 0 aliphatic heterocycles. The summed E-state index contributed by atoms with van der Waals surface area (Å²) < 4.78 is 2.35. The van der Waals surface area contributed by atoms with Gasteiger partial charge in [-0.25, -0.2) is 0 Å². The van der Waals surface area contributed by atoms with E-state index in [1.807, 2.05) is 18.2 Å². The van der Waals surface area contributed by atoms with E-state index in [0.29, 0.717) is 0 Å². The fraction of sp³-hybridized carbons (Fsp3) is 0.188. The van der Waals surface area contributed by atoms with Gasteiger partial charge in [-0.05, 0) is 48.1 Å². The monoisotopic (exact) mass is 379 g/mol. The lowest BCUT2D eigenvalue weighted by atomic mass is 10.1. The lowest BCUT2D eigenvalue weighted by Crippen LogP contribution is -2.10. The molecule has 0 fully saturated rings. The second-order valence-electron chi connectivity index (χ2n) is 4.71. The Labute approximate surface area is 139 Å². The van der Waals surface area contributed by atoms with Crippen molar-refractivity contribution in [2.24, 2.45) is 0 Å². The molecule has 2 heterocycles. The summed E-state index contributed by atoms with van der Waals surface area (Å²) in [7, 11) is 0. The summed E-state index contributed by atoms with van der Waals surface area (Å²) in [6.07, 6.45) is 2.11. The summed E-state index contributed by atoms with van der Waals surface area (Å²) in [4.78, 5) is 13.1. The fourth-order valence-corrected chi connectivity index (χ4v) is 4.43. The van der Waals surface area contributed by atoms with E-state index in [9.17, 15) is 4.79 Å². The van der Waals surface area contributed by atoms with Crippen LogP contribution in [-0.2, 0) is 6.42 Å². The van der Waals surface area contributed by atoms with E-state index in [-0.39, 0.29) is 5.91 Å². The van der Waals surface area contributed by atoms with Crippen LogP contribution in [0.4, 0.5) is 5.69 Å². The molecule has 0 unspecified atom stereocenters. The van der Waals surface area contributed by atoms with Gasteiger partial charge in [0.05, 0.1) is 4.88 Å². The molecule has 0 saturated heterocycles. The number of carbonyl (C=O) groups is 1. The highest BCUT2D eigenvalue weighted by Gasteiger charge is 2.11. The highest BCUT2D eigenvalue weighted by atomic mass is 79.9. The van der Waals surface area contributed by atoms with Crippen LogP contribution in [0.2, 0.25) is 0 Å². The maximum atomic E-state index is 12.3. The van der Waals surface area contributed by atoms with E-state index in [1.165, 1.54) is 15.0 Å². The Bertz CT molecular complexity index is 734. The van der Waals surface area contributed by atoms with Crippen molar-refractivity contribution in [1.82, 2.24) is 0 Å². The Morgan fingerprint density at radius 2 is 2.10 bits per heavy atom. The van der Waals surface area contributed by atoms with Crippen LogP contribution >= 0.6 is 38.6 Å². The third kappa shape index (κ3) is 3.54. The van der Waals surface area contributed by atoms with E-state index in [4.69, 9.17) is 0 Å². The summed E-state index contributed by atoms with van der Waals surface area (Å²) in [5.74, 6) is -0.0268. The molecule has 1 aromatic carbocycles. The predicted octanol–water partition coefficient (Wildman–Crippen LogP) is 5.54. The molecule has 0 spiro atoms. The number of hydrogen-bond donors (Lipinski definition) is 1. The molecule has 2 nitrogen and oxygen atoms in total. The minimum atomic E-state index is -0.0268. The van der Waals surface area contributed by atoms with Gasteiger partial charge in [0.15, 0.2) is 0 Å². The molecule has 2 aromatic heterocycles. The van der Waals surface area contributed by atoms with E-state index in [1.54, 1.807) is 22.7 Å². The molecule has 0 bridgehead atoms. The Morgan fingerprint density at radius 3 is 2.90 bits per heavy atom. The number of amides is 1. The van der Waals surface area contributed by atoms with Gasteiger partial charge in [0, 0.05) is 20.4 Å². The lowest BCUT2D eigenvalue weighted by Gasteiger charge is -2.06. The summed E-state index contributed by atoms with van der Waals surface area (Å²) in [5.41, 5.74) is 2.11. The van der Waals surface area contributed by atoms with Gasteiger partial charge in [0.1, 0.15) is 0 Å². The largest absolute Gasteiger partial charge is 0.321 e. The van der Waals surface area contributed by atoms with Gasteiger partial charge in [-0.2, -0.15) is 0 Å². The second-order valence-corrected chi connectivity index (χ2v) is 7.53. The SMILES string of the molecule is O=C(Nc1cccc(CCCBr)c1)c1cc2sccc2s1. The molecule has 3 rings (SSSR count). The third-order valence-electron chi connectivity index (χ3n) is 3.15. The van der Waals surface area contributed by atoms with Gasteiger partial charge in [-0.15, -0.1) is 22.7 Å². The quantitative estimate of drug-likeness (QED) is 0.579. The first-order valence-electron chi connectivity index (χ1n) is 6.69. The zero-order chi connectivity index (χ0) is 14.7. The predicted molar refractivity (Wildman–Crippen MR) is 96.2 cm³/mol. The Hall–Kier alpha value is -1.17. The molecule has 0 radical (unpaired) electrons. The molecule has 0 aliphatic carbocycles. The number of anilines is 1. The maximum Gasteiger partial charge on any atom is 0.265 e. The van der Waals surface area contributed by atoms with Gasteiger partial charge >= 0.3 is 0 Å². The molecule has 1 amide bonds. The Kier molecular flexibility index (Phi) is 4.73. The third-order valence-corrected chi connectivity index (χ3v) is 5.80. The lowest BCUT2D eigenvalue weighted by molar-refractivity contribution is 0.103. The van der Waals surface area contributed by atoms with Crippen molar-refractivity contribution in [1.29, 1.82) is 0 Å². The van der Waals surface area contributed by atoms with Crippen molar-refractivity contribution in [3.05, 3.63) is 52.2 Å². The van der Waals surface area contributed by atoms with Crippen molar-refractivity contribution < 1.29 is 4.79 Å². The molecule has 1 N–H and O–H groups in total. The number of rotatable bonds is 5. The zero-order valence-corrected chi connectivity index (χ0v) is 14.5. The van der Waals surface area contributed by atoms with Crippen LogP contribution in [0.15, 0.2) is 41.8 Å². The number of thiophene rings is 2. The van der Waals surface area contributed by atoms with Crippen molar-refractivity contribution in [3.63, 3.8) is 0 Å². The zero-order valence-electron chi connectivity index (χ0n) is 11.3. The number of carbonyl (C=O) groups excluding carboxylic acids is 1. The van der Waals surface area contributed by atoms with E-state index >= 15 is 0 Å². The molecular formula is C16H14BrNOS2. The van der Waals surface area contributed by atoms with Crippen LogP contribution in [0.1, 0.15) is 21.7 Å². The number of nitrogens with one attached hydrogen (secondary N) is 1. The van der Waals surface area contributed by atoms with Gasteiger partial charge < -0.3 is 5.32 Å². The summed E-state index contributed by atoms with van der Waals surface area (Å²) in [5, 5.41) is 6.04. The normalized spacial score (nSPS) is 10.9. The van der Waals surface area contributed by atoms with Crippen molar-refractivity contribution in [2.75, 3.05) is 10.6 Å². The molecule has 0 atom stereocenters. The molecule has 108 valence electrons. The van der Waals surface area contributed by atoms with Gasteiger partial charge in [0.2, 0.25) is 0 Å². The topological polar surface area (TPSA) is 29.1 Å². The smallest absolute Gasteiger partial charge is 0.265 e. The van der Waals surface area contributed by atoms with Gasteiger partial charge in [-0.1, -0.05) is 28.1 Å². The molecular weight excluding hydrogens is 366 g/mol. The first kappa shape index (κ1) is 14.8. The standard InChI is InChI=1S/C16H14BrNOS2/c17-7-2-4-11-3-1-5-12(9-11)18-16(19)15-10-14-13(21-15)6-8-20-14/h1,3,5-6,8-10H,2,4,7H2,(H,18,19). The van der Waals surface area contributed by atoms with Crippen LogP contribution in [0.3, 0.4) is 0 Å². The number of halogens is 1. The van der Waals surface area contributed by atoms with Crippen molar-refractivity contribution in [3.8, 4) is 0 Å². The van der Waals surface area contributed by atoms with Crippen LogP contribution in [0.25, 0.3) is 9.40 Å². The first-order valence-corrected chi connectivity index (χ1v) is 9.51. The molecule has 21 heavy (non-hydrogen) atoms. The molecule has 5 heteroatoms. The minimum absolute atomic E-state index is 0.0268. The van der Waals surface area contributed by atoms with Crippen molar-refractivity contribution >= 4 is 59.6 Å². The average molecular weight is 380 g/mol. The number of fused-ring (bicyclic) bond motifs is 1. The van der Waals surface area contributed by atoms with Crippen molar-refractivity contribution in [2.45, 2.75) is 12.8 Å². The van der Waals surface area contributed by atoms with Gasteiger partial charge in [0.25, 0.3) is 5.91 Å². The van der Waals surface area contributed by atoms with E-state index in [0.717, 1.165) is 28.7 Å². The molecule has 0 aliphatic rings. The van der Waals surface area contributed by atoms with Crippen LogP contribution < -0.4 is 5.32 Å². The number of benzene rings is 1. The number of alkyl halides is 1. The van der Waals surface area contributed by atoms with E-state index < -0.39 is 0 Å². The Morgan fingerprint density at radius 1 is 1.19 bits per heavy atom. The first-order chi connectivity index (χ1) is 10.3. The van der Waals surface area contributed by atoms with Crippen LogP contribution in [0.5, 0.6) is 0 Å². The number of hydrogen-bond acceptors (Lipinski definition) is 3. The number of aryl methyl sites for hydroxylation is 1. The van der Waals surface area contributed by atoms with Crippen LogP contribution in [0, 0.1) is 0 Å². The van der Waals surface area contributed by atoms with Crippen LogP contribution in [-0.4, -0.2) is 11.2 Å². The Balaban J connectivity index is 1.73. The van der Waals surface area contributed by atoms with E-state index in [2.05, 4.69) is 44.8 Å².